The summed E-state index contributed by atoms with van der Waals surface area (Å²) in [5.74, 6) is -0.803. The minimum atomic E-state index is -0.864. The molecule has 1 unspecified atom stereocenters. The lowest BCUT2D eigenvalue weighted by Crippen LogP contribution is -2.24. The van der Waals surface area contributed by atoms with Crippen molar-refractivity contribution in [2.75, 3.05) is 0 Å². The van der Waals surface area contributed by atoms with E-state index in [1.165, 1.54) is 6.20 Å². The minimum Gasteiger partial charge on any atom is -0.451 e. The predicted molar refractivity (Wildman–Crippen MR) is 96.3 cm³/mol. The molecule has 126 valence electrons. The van der Waals surface area contributed by atoms with Gasteiger partial charge < -0.3 is 4.74 Å². The van der Waals surface area contributed by atoms with Gasteiger partial charge in [-0.2, -0.15) is 0 Å². The molecular weight excluding hydrogens is 370 g/mol. The summed E-state index contributed by atoms with van der Waals surface area (Å²) in [6.07, 6.45) is 2.11. The zero-order valence-corrected chi connectivity index (χ0v) is 15.8. The lowest BCUT2D eigenvalue weighted by Gasteiger charge is -2.19. The highest BCUT2D eigenvalue weighted by atomic mass is 79.9. The van der Waals surface area contributed by atoms with Gasteiger partial charge in [-0.05, 0) is 39.9 Å². The summed E-state index contributed by atoms with van der Waals surface area (Å²) in [6.45, 7) is 7.91. The van der Waals surface area contributed by atoms with Crippen LogP contribution in [0.15, 0.2) is 47.2 Å². The van der Waals surface area contributed by atoms with Crippen LogP contribution in [0.3, 0.4) is 0 Å². The first kappa shape index (κ1) is 18.3. The number of benzene rings is 1. The van der Waals surface area contributed by atoms with Crippen molar-refractivity contribution in [1.29, 1.82) is 0 Å². The number of pyridine rings is 1. The highest BCUT2D eigenvalue weighted by Crippen LogP contribution is 2.22. The highest BCUT2D eigenvalue weighted by molar-refractivity contribution is 9.10. The normalized spacial score (nSPS) is 12.5. The summed E-state index contributed by atoms with van der Waals surface area (Å²) < 4.78 is 5.93. The Kier molecular flexibility index (Phi) is 5.54. The van der Waals surface area contributed by atoms with Crippen LogP contribution in [-0.4, -0.2) is 22.8 Å². The van der Waals surface area contributed by atoms with E-state index in [1.807, 2.05) is 12.1 Å². The fourth-order valence-electron chi connectivity index (χ4n) is 2.17. The average Bonchev–Trinajstić information content (AvgIpc) is 2.53. The number of aromatic nitrogens is 1. The van der Waals surface area contributed by atoms with Crippen LogP contribution in [0.4, 0.5) is 0 Å². The van der Waals surface area contributed by atoms with Crippen molar-refractivity contribution in [3.8, 4) is 0 Å². The molecule has 0 saturated carbocycles. The maximum atomic E-state index is 12.4. The molecule has 0 aliphatic heterocycles. The number of ketones is 1. The topological polar surface area (TPSA) is 56.3 Å². The van der Waals surface area contributed by atoms with E-state index in [1.54, 1.807) is 31.3 Å². The summed E-state index contributed by atoms with van der Waals surface area (Å²) in [6, 6.07) is 9.01. The molecule has 0 bridgehead atoms. The fraction of sp³-hybridized carbons (Fsp3) is 0.316. The zero-order valence-electron chi connectivity index (χ0n) is 14.2. The van der Waals surface area contributed by atoms with Gasteiger partial charge in [-0.25, -0.2) is 4.79 Å². The van der Waals surface area contributed by atoms with Crippen LogP contribution in [0.25, 0.3) is 0 Å². The van der Waals surface area contributed by atoms with E-state index in [9.17, 15) is 9.59 Å². The van der Waals surface area contributed by atoms with Gasteiger partial charge in [0.1, 0.15) is 0 Å². The molecule has 1 atom stereocenters. The largest absolute Gasteiger partial charge is 0.451 e. The number of nitrogens with zero attached hydrogens (tertiary/aromatic N) is 1. The van der Waals surface area contributed by atoms with Crippen molar-refractivity contribution in [1.82, 2.24) is 4.98 Å². The standard InChI is InChI=1S/C19H20BrNO3/c1-12(24-18(23)14-9-16(20)11-21-10-14)17(22)13-5-7-15(8-6-13)19(2,3)4/h5-12H,1-4H3. The average molecular weight is 390 g/mol. The number of Topliss-reactive ketones (excluding diaryl/α,β-unsaturated/α-hetero) is 1. The summed E-state index contributed by atoms with van der Waals surface area (Å²) in [5.41, 5.74) is 1.99. The molecule has 24 heavy (non-hydrogen) atoms. The molecule has 0 amide bonds. The van der Waals surface area contributed by atoms with Crippen molar-refractivity contribution < 1.29 is 14.3 Å². The van der Waals surface area contributed by atoms with Crippen LogP contribution in [-0.2, 0) is 10.2 Å². The van der Waals surface area contributed by atoms with Gasteiger partial charge in [0.2, 0.25) is 5.78 Å². The maximum absolute atomic E-state index is 12.4. The number of hydrogen-bond acceptors (Lipinski definition) is 4. The molecule has 2 rings (SSSR count). The quantitative estimate of drug-likeness (QED) is 0.567. The first-order valence-electron chi connectivity index (χ1n) is 7.65. The van der Waals surface area contributed by atoms with E-state index >= 15 is 0 Å². The highest BCUT2D eigenvalue weighted by Gasteiger charge is 2.21. The van der Waals surface area contributed by atoms with Gasteiger partial charge >= 0.3 is 5.97 Å². The van der Waals surface area contributed by atoms with Crippen LogP contribution in [0.1, 0.15) is 54.0 Å². The van der Waals surface area contributed by atoms with Crippen molar-refractivity contribution >= 4 is 27.7 Å². The minimum absolute atomic E-state index is 0.0212. The molecule has 0 spiro atoms. The van der Waals surface area contributed by atoms with Crippen LogP contribution < -0.4 is 0 Å². The summed E-state index contributed by atoms with van der Waals surface area (Å²) in [7, 11) is 0. The molecule has 5 heteroatoms. The van der Waals surface area contributed by atoms with Crippen LogP contribution in [0.5, 0.6) is 0 Å². The zero-order chi connectivity index (χ0) is 17.9. The molecular formula is C19H20BrNO3. The molecule has 1 aromatic carbocycles. The number of esters is 1. The van der Waals surface area contributed by atoms with E-state index in [0.29, 0.717) is 15.6 Å². The van der Waals surface area contributed by atoms with Crippen molar-refractivity contribution in [2.45, 2.75) is 39.2 Å². The Labute approximate surface area is 150 Å². The fourth-order valence-corrected chi connectivity index (χ4v) is 2.54. The Morgan fingerprint density at radius 1 is 1.08 bits per heavy atom. The molecule has 1 aromatic heterocycles. The predicted octanol–water partition coefficient (Wildman–Crippen LogP) is 4.57. The van der Waals surface area contributed by atoms with Crippen molar-refractivity contribution in [2.24, 2.45) is 0 Å². The van der Waals surface area contributed by atoms with Gasteiger partial charge in [0.05, 0.1) is 5.56 Å². The van der Waals surface area contributed by atoms with Gasteiger partial charge in [-0.1, -0.05) is 45.0 Å². The second-order valence-corrected chi connectivity index (χ2v) is 7.55. The van der Waals surface area contributed by atoms with Gasteiger partial charge in [0, 0.05) is 22.4 Å². The van der Waals surface area contributed by atoms with Gasteiger partial charge in [-0.15, -0.1) is 0 Å². The smallest absolute Gasteiger partial charge is 0.340 e. The Morgan fingerprint density at radius 2 is 1.71 bits per heavy atom. The molecule has 2 aromatic rings. The molecule has 0 N–H and O–H groups in total. The summed E-state index contributed by atoms with van der Waals surface area (Å²) in [5, 5.41) is 0. The molecule has 0 radical (unpaired) electrons. The van der Waals surface area contributed by atoms with Gasteiger partial charge in [-0.3, -0.25) is 9.78 Å². The number of ether oxygens (including phenoxy) is 1. The number of carbonyl (C=O) groups is 2. The van der Waals surface area contributed by atoms with E-state index < -0.39 is 12.1 Å². The number of hydrogen-bond donors (Lipinski definition) is 0. The molecule has 0 aliphatic carbocycles. The molecule has 0 aliphatic rings. The lowest BCUT2D eigenvalue weighted by molar-refractivity contribution is 0.0318. The van der Waals surface area contributed by atoms with Crippen LogP contribution >= 0.6 is 15.9 Å². The maximum Gasteiger partial charge on any atom is 0.340 e. The summed E-state index contributed by atoms with van der Waals surface area (Å²) >= 11 is 3.25. The van der Waals surface area contributed by atoms with Crippen molar-refractivity contribution in [3.05, 3.63) is 63.9 Å². The van der Waals surface area contributed by atoms with Gasteiger partial charge in [0.15, 0.2) is 6.10 Å². The molecule has 0 fully saturated rings. The Hall–Kier alpha value is -2.01. The first-order valence-corrected chi connectivity index (χ1v) is 8.44. The molecule has 4 nitrogen and oxygen atoms in total. The summed E-state index contributed by atoms with van der Waals surface area (Å²) in [4.78, 5) is 28.4. The van der Waals surface area contributed by atoms with E-state index in [4.69, 9.17) is 4.74 Å². The second-order valence-electron chi connectivity index (χ2n) is 6.63. The lowest BCUT2D eigenvalue weighted by atomic mass is 9.86. The third kappa shape index (κ3) is 4.51. The van der Waals surface area contributed by atoms with E-state index in [0.717, 1.165) is 5.56 Å². The first-order chi connectivity index (χ1) is 11.2. The Bertz CT molecular complexity index is 748. The third-order valence-electron chi connectivity index (χ3n) is 3.63. The van der Waals surface area contributed by atoms with Gasteiger partial charge in [0.25, 0.3) is 0 Å². The monoisotopic (exact) mass is 389 g/mol. The SMILES string of the molecule is CC(OC(=O)c1cncc(Br)c1)C(=O)c1ccc(C(C)(C)C)cc1. The second kappa shape index (κ2) is 7.26. The van der Waals surface area contributed by atoms with Crippen LogP contribution in [0, 0.1) is 0 Å². The van der Waals surface area contributed by atoms with Crippen molar-refractivity contribution in [3.63, 3.8) is 0 Å². The third-order valence-corrected chi connectivity index (χ3v) is 4.06. The number of halogens is 1. The van der Waals surface area contributed by atoms with E-state index in [-0.39, 0.29) is 11.2 Å². The Morgan fingerprint density at radius 3 is 2.25 bits per heavy atom. The molecule has 1 heterocycles. The number of rotatable bonds is 4. The van der Waals surface area contributed by atoms with E-state index in [2.05, 4.69) is 41.7 Å². The molecule has 0 saturated heterocycles. The number of carbonyl (C=O) groups excluding carboxylic acids is 2. The van der Waals surface area contributed by atoms with Crippen LogP contribution in [0.2, 0.25) is 0 Å². The Balaban J connectivity index is 2.08.